The number of para-hydroxylation sites is 1. The fourth-order valence-electron chi connectivity index (χ4n) is 1.95. The summed E-state index contributed by atoms with van der Waals surface area (Å²) < 4.78 is 0. The van der Waals surface area contributed by atoms with Gasteiger partial charge in [-0.3, -0.25) is 9.59 Å². The van der Waals surface area contributed by atoms with E-state index in [4.69, 9.17) is 11.6 Å². The first-order chi connectivity index (χ1) is 9.16. The summed E-state index contributed by atoms with van der Waals surface area (Å²) >= 11 is 5.51. The van der Waals surface area contributed by atoms with Crippen LogP contribution in [0.15, 0.2) is 36.5 Å². The van der Waals surface area contributed by atoms with E-state index in [1.165, 1.54) is 12.3 Å². The van der Waals surface area contributed by atoms with Gasteiger partial charge in [0.15, 0.2) is 5.82 Å². The Labute approximate surface area is 113 Å². The van der Waals surface area contributed by atoms with Crippen LogP contribution in [0.5, 0.6) is 0 Å². The van der Waals surface area contributed by atoms with E-state index >= 15 is 0 Å². The van der Waals surface area contributed by atoms with Crippen molar-refractivity contribution >= 4 is 39.9 Å². The Kier molecular flexibility index (Phi) is 2.68. The van der Waals surface area contributed by atoms with E-state index in [9.17, 15) is 9.59 Å². The van der Waals surface area contributed by atoms with Crippen molar-refractivity contribution in [1.29, 1.82) is 0 Å². The molecule has 6 heteroatoms. The maximum Gasteiger partial charge on any atom is 0.257 e. The smallest absolute Gasteiger partial charge is 0.257 e. The number of hydrogen-bond donors (Lipinski definition) is 2. The second-order valence-electron chi connectivity index (χ2n) is 3.98. The van der Waals surface area contributed by atoms with Crippen LogP contribution in [0.2, 0.25) is 0 Å². The van der Waals surface area contributed by atoms with Gasteiger partial charge in [0.05, 0.1) is 22.5 Å². The summed E-state index contributed by atoms with van der Waals surface area (Å²) in [6, 6.07) is 8.48. The van der Waals surface area contributed by atoms with Crippen LogP contribution in [-0.4, -0.2) is 16.1 Å². The summed E-state index contributed by atoms with van der Waals surface area (Å²) in [6.45, 7) is 0. The SMILES string of the molecule is O=C1Nc2c(C(=O)Cl)ccnc2Nc2ccccc21. The normalized spacial score (nSPS) is 12.6. The molecule has 1 aliphatic heterocycles. The summed E-state index contributed by atoms with van der Waals surface area (Å²) in [4.78, 5) is 27.6. The molecule has 2 heterocycles. The number of nitrogens with one attached hydrogen (secondary N) is 2. The van der Waals surface area contributed by atoms with E-state index in [-0.39, 0.29) is 11.5 Å². The van der Waals surface area contributed by atoms with Crippen LogP contribution in [0, 0.1) is 0 Å². The van der Waals surface area contributed by atoms with Gasteiger partial charge in [-0.25, -0.2) is 4.98 Å². The fourth-order valence-corrected chi connectivity index (χ4v) is 2.10. The first-order valence-electron chi connectivity index (χ1n) is 5.53. The highest BCUT2D eigenvalue weighted by Gasteiger charge is 2.23. The number of carbonyl (C=O) groups is 2. The van der Waals surface area contributed by atoms with Gasteiger partial charge in [-0.1, -0.05) is 12.1 Å². The molecule has 0 saturated heterocycles. The molecule has 0 radical (unpaired) electrons. The number of pyridine rings is 1. The lowest BCUT2D eigenvalue weighted by atomic mass is 10.1. The van der Waals surface area contributed by atoms with Crippen LogP contribution in [0.1, 0.15) is 20.7 Å². The Morgan fingerprint density at radius 2 is 1.95 bits per heavy atom. The summed E-state index contributed by atoms with van der Waals surface area (Å²) in [5, 5.41) is 5.04. The van der Waals surface area contributed by atoms with Crippen LogP contribution < -0.4 is 10.6 Å². The molecule has 0 fully saturated rings. The molecule has 0 saturated carbocycles. The Morgan fingerprint density at radius 3 is 2.74 bits per heavy atom. The number of amides is 1. The molecule has 0 spiro atoms. The lowest BCUT2D eigenvalue weighted by Gasteiger charge is -2.09. The molecule has 3 rings (SSSR count). The number of fused-ring (bicyclic) bond motifs is 2. The molecule has 0 bridgehead atoms. The van der Waals surface area contributed by atoms with E-state index in [0.717, 1.165) is 0 Å². The van der Waals surface area contributed by atoms with Gasteiger partial charge in [-0.15, -0.1) is 0 Å². The van der Waals surface area contributed by atoms with Crippen LogP contribution in [0.3, 0.4) is 0 Å². The fraction of sp³-hybridized carbons (Fsp3) is 0. The minimum Gasteiger partial charge on any atom is -0.338 e. The first-order valence-corrected chi connectivity index (χ1v) is 5.91. The van der Waals surface area contributed by atoms with Crippen molar-refractivity contribution in [2.75, 3.05) is 10.6 Å². The lowest BCUT2D eigenvalue weighted by Crippen LogP contribution is -2.12. The molecule has 1 aromatic heterocycles. The predicted octanol–water partition coefficient (Wildman–Crippen LogP) is 2.77. The molecule has 5 nitrogen and oxygen atoms in total. The summed E-state index contributed by atoms with van der Waals surface area (Å²) in [6.07, 6.45) is 1.46. The number of carbonyl (C=O) groups excluding carboxylic acids is 2. The van der Waals surface area contributed by atoms with Gasteiger partial charge in [-0.2, -0.15) is 0 Å². The van der Waals surface area contributed by atoms with Crippen molar-refractivity contribution < 1.29 is 9.59 Å². The third-order valence-electron chi connectivity index (χ3n) is 2.83. The molecule has 1 amide bonds. The highest BCUT2D eigenvalue weighted by Crippen LogP contribution is 2.33. The van der Waals surface area contributed by atoms with Gasteiger partial charge < -0.3 is 10.6 Å². The maximum atomic E-state index is 12.1. The summed E-state index contributed by atoms with van der Waals surface area (Å²) in [7, 11) is 0. The van der Waals surface area contributed by atoms with Gasteiger partial charge in [0, 0.05) is 6.20 Å². The zero-order chi connectivity index (χ0) is 13.4. The maximum absolute atomic E-state index is 12.1. The molecule has 1 aliphatic rings. The Bertz CT molecular complexity index is 700. The lowest BCUT2D eigenvalue weighted by molar-refractivity contribution is 0.102. The molecule has 1 aromatic carbocycles. The zero-order valence-corrected chi connectivity index (χ0v) is 10.4. The average molecular weight is 274 g/mol. The minimum absolute atomic E-state index is 0.209. The second kappa shape index (κ2) is 4.37. The average Bonchev–Trinajstić information content (AvgIpc) is 2.54. The van der Waals surface area contributed by atoms with E-state index in [1.54, 1.807) is 24.3 Å². The van der Waals surface area contributed by atoms with Gasteiger partial charge in [-0.05, 0) is 29.8 Å². The summed E-state index contributed by atoms with van der Waals surface area (Å²) in [5.41, 5.74) is 1.61. The largest absolute Gasteiger partial charge is 0.338 e. The van der Waals surface area contributed by atoms with E-state index < -0.39 is 5.24 Å². The molecular formula is C13H8ClN3O2. The van der Waals surface area contributed by atoms with Crippen molar-refractivity contribution in [2.45, 2.75) is 0 Å². The Morgan fingerprint density at radius 1 is 1.16 bits per heavy atom. The molecule has 2 N–H and O–H groups in total. The zero-order valence-electron chi connectivity index (χ0n) is 9.61. The van der Waals surface area contributed by atoms with E-state index in [2.05, 4.69) is 15.6 Å². The molecule has 19 heavy (non-hydrogen) atoms. The number of hydrogen-bond acceptors (Lipinski definition) is 4. The van der Waals surface area contributed by atoms with Gasteiger partial charge in [0.2, 0.25) is 0 Å². The van der Waals surface area contributed by atoms with E-state index in [1.807, 2.05) is 0 Å². The third-order valence-corrected chi connectivity index (χ3v) is 3.03. The predicted molar refractivity (Wildman–Crippen MR) is 72.1 cm³/mol. The van der Waals surface area contributed by atoms with Crippen molar-refractivity contribution in [3.05, 3.63) is 47.7 Å². The number of anilines is 3. The molecular weight excluding hydrogens is 266 g/mol. The highest BCUT2D eigenvalue weighted by atomic mass is 35.5. The third kappa shape index (κ3) is 1.94. The van der Waals surface area contributed by atoms with Crippen LogP contribution >= 0.6 is 11.6 Å². The standard InChI is InChI=1S/C13H8ClN3O2/c14-11(18)8-5-6-15-12-10(8)17-13(19)7-3-1-2-4-9(7)16-12/h1-6H,(H,15,16)(H,17,19). The van der Waals surface area contributed by atoms with E-state index in [0.29, 0.717) is 22.8 Å². The molecule has 2 aromatic rings. The number of aromatic nitrogens is 1. The number of benzene rings is 1. The second-order valence-corrected chi connectivity index (χ2v) is 4.32. The molecule has 0 unspecified atom stereocenters. The number of nitrogens with zero attached hydrogens (tertiary/aromatic N) is 1. The molecule has 0 aliphatic carbocycles. The Hall–Kier alpha value is -2.40. The van der Waals surface area contributed by atoms with Crippen LogP contribution in [-0.2, 0) is 0 Å². The molecule has 0 atom stereocenters. The first kappa shape index (κ1) is 11.7. The van der Waals surface area contributed by atoms with Gasteiger partial charge >= 0.3 is 0 Å². The van der Waals surface area contributed by atoms with Crippen LogP contribution in [0.25, 0.3) is 0 Å². The highest BCUT2D eigenvalue weighted by molar-refractivity contribution is 6.68. The Balaban J connectivity index is 2.20. The monoisotopic (exact) mass is 273 g/mol. The van der Waals surface area contributed by atoms with Crippen molar-refractivity contribution in [1.82, 2.24) is 4.98 Å². The van der Waals surface area contributed by atoms with Gasteiger partial charge in [0.1, 0.15) is 0 Å². The number of rotatable bonds is 1. The van der Waals surface area contributed by atoms with Gasteiger partial charge in [0.25, 0.3) is 11.1 Å². The summed E-state index contributed by atoms with van der Waals surface area (Å²) in [5.74, 6) is 0.0822. The van der Waals surface area contributed by atoms with Crippen molar-refractivity contribution in [3.63, 3.8) is 0 Å². The topological polar surface area (TPSA) is 71.1 Å². The minimum atomic E-state index is -0.647. The molecule has 94 valence electrons. The van der Waals surface area contributed by atoms with Crippen molar-refractivity contribution in [3.8, 4) is 0 Å². The number of halogens is 1. The quantitative estimate of drug-likeness (QED) is 0.784. The van der Waals surface area contributed by atoms with Crippen LogP contribution in [0.4, 0.5) is 17.2 Å². The van der Waals surface area contributed by atoms with Crippen molar-refractivity contribution in [2.24, 2.45) is 0 Å².